The Hall–Kier alpha value is -2.36. The van der Waals surface area contributed by atoms with Gasteiger partial charge in [0.05, 0.1) is 12.1 Å². The van der Waals surface area contributed by atoms with E-state index in [9.17, 15) is 24.6 Å². The van der Waals surface area contributed by atoms with E-state index in [1.807, 2.05) is 0 Å². The number of thioether (sulfide) groups is 2. The van der Waals surface area contributed by atoms with Crippen LogP contribution in [0.5, 0.6) is 0 Å². The van der Waals surface area contributed by atoms with Crippen LogP contribution in [-0.2, 0) is 14.4 Å². The topological polar surface area (TPSA) is 188 Å². The van der Waals surface area contributed by atoms with Gasteiger partial charge in [0, 0.05) is 11.0 Å². The summed E-state index contributed by atoms with van der Waals surface area (Å²) in [5.41, 5.74) is 5.40. The number of aromatic amines is 1. The van der Waals surface area contributed by atoms with Crippen molar-refractivity contribution in [3.63, 3.8) is 0 Å². The van der Waals surface area contributed by atoms with Crippen molar-refractivity contribution in [2.24, 2.45) is 5.73 Å². The Morgan fingerprint density at radius 2 is 2.16 bits per heavy atom. The third-order valence-corrected chi connectivity index (χ3v) is 6.91. The average molecular weight is 474 g/mol. The van der Waals surface area contributed by atoms with Gasteiger partial charge in [-0.25, -0.2) is 9.59 Å². The number of carboxylic acid groups (broad SMARTS) is 2. The molecule has 1 aromatic heterocycles. The Balaban J connectivity index is 1.90. The molecule has 0 aliphatic carbocycles. The van der Waals surface area contributed by atoms with Gasteiger partial charge in [-0.3, -0.25) is 14.5 Å². The smallest absolute Gasteiger partial charge is 0.431 e. The lowest BCUT2D eigenvalue weighted by atomic mass is 10.0. The van der Waals surface area contributed by atoms with Crippen molar-refractivity contribution in [2.75, 3.05) is 12.3 Å². The molecule has 1 saturated heterocycles. The Bertz CT molecular complexity index is 888. The van der Waals surface area contributed by atoms with Crippen molar-refractivity contribution in [2.45, 2.75) is 54.6 Å². The third-order valence-electron chi connectivity index (χ3n) is 4.40. The van der Waals surface area contributed by atoms with Crippen molar-refractivity contribution >= 4 is 41.5 Å². The third kappa shape index (κ3) is 5.11. The average Bonchev–Trinajstić information content (AvgIpc) is 3.20. The fraction of sp³-hybridized carbons (Fsp3) is 0.625. The van der Waals surface area contributed by atoms with Gasteiger partial charge in [0.2, 0.25) is 11.1 Å². The normalized spacial score (nSPS) is 22.1. The van der Waals surface area contributed by atoms with Crippen LogP contribution in [0, 0.1) is 0 Å². The summed E-state index contributed by atoms with van der Waals surface area (Å²) >= 11 is 2.49. The van der Waals surface area contributed by atoms with E-state index in [2.05, 4.69) is 20.6 Å². The number of hydrogen-bond donors (Lipinski definition) is 4. The molecule has 5 N–H and O–H groups in total. The molecule has 0 saturated carbocycles. The van der Waals surface area contributed by atoms with Gasteiger partial charge in [0.1, 0.15) is 17.1 Å². The van der Waals surface area contributed by atoms with E-state index in [1.165, 1.54) is 16.7 Å². The lowest BCUT2D eigenvalue weighted by Crippen LogP contribution is -2.68. The number of tetrazole rings is 1. The zero-order valence-corrected chi connectivity index (χ0v) is 18.6. The van der Waals surface area contributed by atoms with E-state index >= 15 is 0 Å². The minimum absolute atomic E-state index is 0.0416. The standard InChI is InChI=1S/C16H23N7O6S2/c1-16(2,3)29-22(15(27)28)5-4-8(31-14-18-20-21-19-14)7-6-30-12-9(17)11(24)23(12)10(7)13(25)26/h8-9,12H,4-6,17H2,1-3H3,(H,25,26)(H,27,28)(H,18,19,20,21)/t8?,9?,12-/m0/s1. The Kier molecular flexibility index (Phi) is 6.78. The van der Waals surface area contributed by atoms with Crippen LogP contribution in [0.25, 0.3) is 0 Å². The maximum atomic E-state index is 12.2. The van der Waals surface area contributed by atoms with Crippen molar-refractivity contribution in [1.29, 1.82) is 0 Å². The molecule has 31 heavy (non-hydrogen) atoms. The van der Waals surface area contributed by atoms with Gasteiger partial charge in [-0.2, -0.15) is 10.3 Å². The fourth-order valence-electron chi connectivity index (χ4n) is 3.17. The number of amides is 2. The summed E-state index contributed by atoms with van der Waals surface area (Å²) in [6.07, 6.45) is -1.08. The first-order chi connectivity index (χ1) is 14.5. The van der Waals surface area contributed by atoms with Gasteiger partial charge in [-0.05, 0) is 38.0 Å². The van der Waals surface area contributed by atoms with E-state index in [1.54, 1.807) is 20.8 Å². The molecule has 2 aliphatic heterocycles. The highest BCUT2D eigenvalue weighted by Crippen LogP contribution is 2.43. The van der Waals surface area contributed by atoms with Crippen LogP contribution in [0.15, 0.2) is 16.4 Å². The number of β-lactam (4-membered cyclic amide) rings is 1. The number of H-pyrrole nitrogens is 1. The first kappa shape index (κ1) is 23.3. The van der Waals surface area contributed by atoms with Gasteiger partial charge in [-0.1, -0.05) is 11.8 Å². The molecule has 13 nitrogen and oxygen atoms in total. The summed E-state index contributed by atoms with van der Waals surface area (Å²) in [6.45, 7) is 5.11. The zero-order chi connectivity index (χ0) is 22.9. The molecule has 15 heteroatoms. The molecule has 1 aromatic rings. The molecular formula is C16H23N7O6S2. The first-order valence-corrected chi connectivity index (χ1v) is 11.2. The van der Waals surface area contributed by atoms with Crippen molar-refractivity contribution in [3.8, 4) is 0 Å². The number of aromatic nitrogens is 4. The number of rotatable bonds is 8. The number of hydrogen-bond acceptors (Lipinski definition) is 10. The van der Waals surface area contributed by atoms with Crippen LogP contribution in [0.4, 0.5) is 4.79 Å². The van der Waals surface area contributed by atoms with Crippen LogP contribution in [-0.4, -0.2) is 93.3 Å². The molecule has 0 radical (unpaired) electrons. The number of nitrogens with zero attached hydrogens (tertiary/aromatic N) is 5. The molecule has 170 valence electrons. The summed E-state index contributed by atoms with van der Waals surface area (Å²) < 4.78 is 0. The van der Waals surface area contributed by atoms with E-state index in [0.29, 0.717) is 11.3 Å². The fourth-order valence-corrected chi connectivity index (χ4v) is 5.64. The molecule has 0 bridgehead atoms. The summed E-state index contributed by atoms with van der Waals surface area (Å²) in [5, 5.41) is 33.0. The monoisotopic (exact) mass is 473 g/mol. The van der Waals surface area contributed by atoms with Crippen LogP contribution in [0.2, 0.25) is 0 Å². The van der Waals surface area contributed by atoms with Gasteiger partial charge in [-0.15, -0.1) is 22.0 Å². The van der Waals surface area contributed by atoms with E-state index < -0.39 is 40.2 Å². The molecule has 2 amide bonds. The SMILES string of the molecule is CC(C)(C)ON(CCC(Sc1nn[nH]n1)C1=C(C(=O)O)N2C(=O)C(N)[C@@H]2SC1)C(=O)O. The minimum atomic E-state index is -1.27. The van der Waals surface area contributed by atoms with Crippen LogP contribution in [0.1, 0.15) is 27.2 Å². The highest BCUT2D eigenvalue weighted by molar-refractivity contribution is 8.01. The maximum Gasteiger partial charge on any atom is 0.431 e. The molecular weight excluding hydrogens is 450 g/mol. The molecule has 0 spiro atoms. The highest BCUT2D eigenvalue weighted by Gasteiger charge is 2.52. The molecule has 1 fully saturated rings. The van der Waals surface area contributed by atoms with Crippen LogP contribution < -0.4 is 5.73 Å². The second-order valence-corrected chi connectivity index (χ2v) is 10.1. The molecule has 3 rings (SSSR count). The van der Waals surface area contributed by atoms with Gasteiger partial charge in [0.15, 0.2) is 0 Å². The summed E-state index contributed by atoms with van der Waals surface area (Å²) in [5.74, 6) is -1.40. The maximum absolute atomic E-state index is 12.2. The molecule has 0 aromatic carbocycles. The lowest BCUT2D eigenvalue weighted by molar-refractivity contribution is -0.202. The first-order valence-electron chi connectivity index (χ1n) is 9.26. The van der Waals surface area contributed by atoms with Crippen molar-refractivity contribution in [1.82, 2.24) is 30.6 Å². The van der Waals surface area contributed by atoms with Crippen molar-refractivity contribution < 1.29 is 29.4 Å². The Morgan fingerprint density at radius 3 is 2.71 bits per heavy atom. The number of carbonyl (C=O) groups is 3. The molecule has 2 unspecified atom stereocenters. The number of fused-ring (bicyclic) bond motifs is 1. The largest absolute Gasteiger partial charge is 0.477 e. The van der Waals surface area contributed by atoms with E-state index in [4.69, 9.17) is 10.6 Å². The highest BCUT2D eigenvalue weighted by atomic mass is 32.2. The molecule has 3 atom stereocenters. The van der Waals surface area contributed by atoms with Gasteiger partial charge >= 0.3 is 12.1 Å². The second-order valence-electron chi connectivity index (χ2n) is 7.79. The number of nitrogens with one attached hydrogen (secondary N) is 1. The quantitative estimate of drug-likeness (QED) is 0.231. The number of carbonyl (C=O) groups excluding carboxylic acids is 1. The second kappa shape index (κ2) is 9.02. The summed E-state index contributed by atoms with van der Waals surface area (Å²) in [4.78, 5) is 42.6. The summed E-state index contributed by atoms with van der Waals surface area (Å²) in [7, 11) is 0. The molecule has 2 aliphatic rings. The predicted molar refractivity (Wildman–Crippen MR) is 110 cm³/mol. The lowest BCUT2D eigenvalue weighted by Gasteiger charge is -2.48. The van der Waals surface area contributed by atoms with Gasteiger partial charge < -0.3 is 15.9 Å². The van der Waals surface area contributed by atoms with E-state index in [0.717, 1.165) is 16.8 Å². The Morgan fingerprint density at radius 1 is 1.45 bits per heavy atom. The number of nitrogens with two attached hydrogens (primary N) is 1. The number of aliphatic carboxylic acids is 1. The number of hydroxylamine groups is 2. The zero-order valence-electron chi connectivity index (χ0n) is 17.0. The van der Waals surface area contributed by atoms with E-state index in [-0.39, 0.29) is 23.8 Å². The minimum Gasteiger partial charge on any atom is -0.477 e. The van der Waals surface area contributed by atoms with Crippen LogP contribution in [0.3, 0.4) is 0 Å². The predicted octanol–water partition coefficient (Wildman–Crippen LogP) is 0.342. The van der Waals surface area contributed by atoms with Crippen molar-refractivity contribution in [3.05, 3.63) is 11.3 Å². The van der Waals surface area contributed by atoms with Crippen LogP contribution >= 0.6 is 23.5 Å². The van der Waals surface area contributed by atoms with Gasteiger partial charge in [0.25, 0.3) is 0 Å². The molecule has 3 heterocycles. The Labute approximate surface area is 185 Å². The summed E-state index contributed by atoms with van der Waals surface area (Å²) in [6, 6.07) is -0.744. The number of carboxylic acids is 1.